The lowest BCUT2D eigenvalue weighted by Crippen LogP contribution is -2.44. The molecule has 1 saturated heterocycles. The molecule has 2 unspecified atom stereocenters. The topological polar surface area (TPSA) is 56.4 Å². The second kappa shape index (κ2) is 9.93. The molecule has 0 aromatic carbocycles. The second-order valence-electron chi connectivity index (χ2n) is 4.78. The monoisotopic (exact) mass is 276 g/mol. The van der Waals surface area contributed by atoms with Gasteiger partial charge in [0.05, 0.1) is 13.6 Å². The van der Waals surface area contributed by atoms with Gasteiger partial charge in [-0.05, 0) is 13.1 Å². The van der Waals surface area contributed by atoms with Crippen LogP contribution in [0.5, 0.6) is 0 Å². The van der Waals surface area contributed by atoms with E-state index in [1.807, 2.05) is 6.92 Å². The van der Waals surface area contributed by atoms with E-state index in [0.717, 1.165) is 58.5 Å². The molecule has 0 bridgehead atoms. The summed E-state index contributed by atoms with van der Waals surface area (Å²) >= 11 is 0. The third-order valence-electron chi connectivity index (χ3n) is 3.47. The van der Waals surface area contributed by atoms with Crippen molar-refractivity contribution in [3.8, 4) is 0 Å². The Morgan fingerprint density at radius 3 is 1.89 bits per heavy atom. The summed E-state index contributed by atoms with van der Waals surface area (Å²) in [5, 5.41) is 10.2. The molecule has 1 aliphatic heterocycles. The Labute approximate surface area is 112 Å². The highest BCUT2D eigenvalue weighted by atomic mass is 31.1. The van der Waals surface area contributed by atoms with Crippen LogP contribution in [0.2, 0.25) is 0 Å². The van der Waals surface area contributed by atoms with E-state index in [-0.39, 0.29) is 5.78 Å². The lowest BCUT2D eigenvalue weighted by Gasteiger charge is -2.29. The van der Waals surface area contributed by atoms with Gasteiger partial charge in [-0.3, -0.25) is 4.90 Å². The second-order valence-corrected chi connectivity index (χ2v) is 7.26. The van der Waals surface area contributed by atoms with E-state index in [0.29, 0.717) is 0 Å². The van der Waals surface area contributed by atoms with Crippen molar-refractivity contribution in [1.82, 2.24) is 20.9 Å². The maximum Gasteiger partial charge on any atom is 0.0919 e. The number of nitrogens with one attached hydrogen (secondary N) is 3. The minimum atomic E-state index is -1.46. The van der Waals surface area contributed by atoms with E-state index < -0.39 is 7.80 Å². The van der Waals surface area contributed by atoms with E-state index in [1.165, 1.54) is 0 Å². The van der Waals surface area contributed by atoms with Crippen LogP contribution in [0.1, 0.15) is 13.8 Å². The van der Waals surface area contributed by atoms with Gasteiger partial charge in [-0.1, -0.05) is 6.92 Å². The summed E-state index contributed by atoms with van der Waals surface area (Å²) in [5.41, 5.74) is 0. The first-order valence-corrected chi connectivity index (χ1v) is 8.84. The van der Waals surface area contributed by atoms with Crippen molar-refractivity contribution in [2.45, 2.75) is 19.6 Å². The van der Waals surface area contributed by atoms with Crippen LogP contribution < -0.4 is 16.0 Å². The van der Waals surface area contributed by atoms with Gasteiger partial charge in [0.1, 0.15) is 0 Å². The summed E-state index contributed by atoms with van der Waals surface area (Å²) in [7, 11) is -1.46. The molecule has 0 aromatic heterocycles. The van der Waals surface area contributed by atoms with Crippen LogP contribution in [0.15, 0.2) is 0 Å². The van der Waals surface area contributed by atoms with Gasteiger partial charge >= 0.3 is 0 Å². The Morgan fingerprint density at radius 2 is 1.44 bits per heavy atom. The molecular weight excluding hydrogens is 247 g/mol. The van der Waals surface area contributed by atoms with Crippen molar-refractivity contribution in [3.63, 3.8) is 0 Å². The van der Waals surface area contributed by atoms with Gasteiger partial charge in [0.25, 0.3) is 0 Å². The van der Waals surface area contributed by atoms with Gasteiger partial charge in [-0.2, -0.15) is 0 Å². The predicted octanol–water partition coefficient (Wildman–Crippen LogP) is -0.00360. The maximum atomic E-state index is 12.0. The van der Waals surface area contributed by atoms with E-state index in [1.54, 1.807) is 0 Å². The van der Waals surface area contributed by atoms with Crippen LogP contribution in [0.3, 0.4) is 0 Å². The molecule has 0 spiro atoms. The highest BCUT2D eigenvalue weighted by Gasteiger charge is 2.17. The minimum absolute atomic E-state index is 0.227. The summed E-state index contributed by atoms with van der Waals surface area (Å²) in [6.45, 7) is 12.1. The molecule has 1 fully saturated rings. The van der Waals surface area contributed by atoms with Gasteiger partial charge in [0.2, 0.25) is 0 Å². The lowest BCUT2D eigenvalue weighted by atomic mass is 10.4. The first-order valence-electron chi connectivity index (χ1n) is 7.14. The number of nitrogens with zero attached hydrogens (tertiary/aromatic N) is 1. The summed E-state index contributed by atoms with van der Waals surface area (Å²) < 4.78 is 12.0. The fraction of sp³-hybridized carbons (Fsp3) is 1.00. The lowest BCUT2D eigenvalue weighted by molar-refractivity contribution is 0.257. The average molecular weight is 276 g/mol. The predicted molar refractivity (Wildman–Crippen MR) is 79.2 cm³/mol. The number of rotatable bonds is 3. The quantitative estimate of drug-likeness (QED) is 0.633. The standard InChI is InChI=1S/C12H29N4OP/c1-3-18(17)12(2)16-10-8-14-6-4-13-5-7-15-9-11-16/h12-15,18H,3-11H2,1-2H3. The van der Waals surface area contributed by atoms with Gasteiger partial charge in [-0.15, -0.1) is 0 Å². The molecule has 0 amide bonds. The summed E-state index contributed by atoms with van der Waals surface area (Å²) in [6.07, 6.45) is 0.813. The van der Waals surface area contributed by atoms with E-state index in [9.17, 15) is 4.57 Å². The van der Waals surface area contributed by atoms with Gasteiger partial charge in [0, 0.05) is 52.4 Å². The molecule has 3 N–H and O–H groups in total. The van der Waals surface area contributed by atoms with Crippen LogP contribution in [-0.4, -0.2) is 69.2 Å². The van der Waals surface area contributed by atoms with Crippen LogP contribution in [-0.2, 0) is 4.57 Å². The first kappa shape index (κ1) is 16.1. The average Bonchev–Trinajstić information content (AvgIpc) is 2.37. The molecule has 0 aliphatic carbocycles. The molecule has 2 atom stereocenters. The maximum absolute atomic E-state index is 12.0. The van der Waals surface area contributed by atoms with Crippen molar-refractivity contribution < 1.29 is 4.57 Å². The van der Waals surface area contributed by atoms with E-state index in [4.69, 9.17) is 0 Å². The molecular formula is C12H29N4OP. The Balaban J connectivity index is 2.42. The van der Waals surface area contributed by atoms with Crippen LogP contribution >= 0.6 is 7.80 Å². The van der Waals surface area contributed by atoms with Crippen molar-refractivity contribution >= 4 is 7.80 Å². The van der Waals surface area contributed by atoms with Crippen LogP contribution in [0.25, 0.3) is 0 Å². The van der Waals surface area contributed by atoms with Crippen molar-refractivity contribution in [3.05, 3.63) is 0 Å². The smallest absolute Gasteiger partial charge is 0.0919 e. The molecule has 18 heavy (non-hydrogen) atoms. The summed E-state index contributed by atoms with van der Waals surface area (Å²) in [4.78, 5) is 2.36. The normalized spacial score (nSPS) is 24.8. The largest absolute Gasteiger partial charge is 0.325 e. The summed E-state index contributed by atoms with van der Waals surface area (Å²) in [5.74, 6) is 0.227. The molecule has 1 aliphatic rings. The van der Waals surface area contributed by atoms with Crippen molar-refractivity contribution in [1.29, 1.82) is 0 Å². The molecule has 0 aromatic rings. The van der Waals surface area contributed by atoms with Crippen molar-refractivity contribution in [2.75, 3.05) is 58.5 Å². The molecule has 1 heterocycles. The Kier molecular flexibility index (Phi) is 8.90. The number of hydrogen-bond acceptors (Lipinski definition) is 5. The van der Waals surface area contributed by atoms with Gasteiger partial charge < -0.3 is 20.5 Å². The van der Waals surface area contributed by atoms with Crippen LogP contribution in [0.4, 0.5) is 0 Å². The molecule has 5 nitrogen and oxygen atoms in total. The SMILES string of the molecule is CC[PH](=O)C(C)N1CCNCCNCCNCC1. The molecule has 1 rings (SSSR count). The molecule has 108 valence electrons. The third kappa shape index (κ3) is 6.30. The fourth-order valence-corrected chi connectivity index (χ4v) is 3.43. The highest BCUT2D eigenvalue weighted by Crippen LogP contribution is 2.29. The Morgan fingerprint density at radius 1 is 1.00 bits per heavy atom. The Bertz CT molecular complexity index is 228. The van der Waals surface area contributed by atoms with Gasteiger partial charge in [0.15, 0.2) is 0 Å². The zero-order valence-electron chi connectivity index (χ0n) is 11.8. The van der Waals surface area contributed by atoms with E-state index >= 15 is 0 Å². The van der Waals surface area contributed by atoms with Crippen LogP contribution in [0, 0.1) is 0 Å². The molecule has 0 radical (unpaired) electrons. The molecule has 6 heteroatoms. The zero-order chi connectivity index (χ0) is 13.2. The number of hydrogen-bond donors (Lipinski definition) is 3. The Hall–Kier alpha value is 0.0700. The molecule has 0 saturated carbocycles. The highest BCUT2D eigenvalue weighted by molar-refractivity contribution is 7.45. The fourth-order valence-electron chi connectivity index (χ4n) is 2.17. The zero-order valence-corrected chi connectivity index (χ0v) is 12.8. The first-order chi connectivity index (χ1) is 8.75. The van der Waals surface area contributed by atoms with Gasteiger partial charge in [-0.25, -0.2) is 0 Å². The third-order valence-corrected chi connectivity index (χ3v) is 5.46. The minimum Gasteiger partial charge on any atom is -0.325 e. The summed E-state index contributed by atoms with van der Waals surface area (Å²) in [6, 6.07) is 0. The van der Waals surface area contributed by atoms with Crippen molar-refractivity contribution in [2.24, 2.45) is 0 Å². The van der Waals surface area contributed by atoms with E-state index in [2.05, 4.69) is 27.8 Å².